The Morgan fingerprint density at radius 3 is 2.75 bits per heavy atom. The normalized spacial score (nSPS) is 10.4. The zero-order valence-electron chi connectivity index (χ0n) is 15.2. The molecule has 0 aliphatic rings. The molecule has 8 heteroatoms. The molecule has 6 nitrogen and oxygen atoms in total. The summed E-state index contributed by atoms with van der Waals surface area (Å²) in [5, 5.41) is 9.83. The molecular formula is C20H16BrN3O3S. The topological polar surface area (TPSA) is 88.0 Å². The van der Waals surface area contributed by atoms with Gasteiger partial charge in [0.25, 0.3) is 5.56 Å². The fourth-order valence-electron chi connectivity index (χ4n) is 2.59. The van der Waals surface area contributed by atoms with E-state index in [2.05, 4.69) is 25.9 Å². The second-order valence-corrected chi connectivity index (χ2v) is 7.41. The van der Waals surface area contributed by atoms with Crippen molar-refractivity contribution in [3.8, 4) is 28.8 Å². The second-order valence-electron chi connectivity index (χ2n) is 5.69. The van der Waals surface area contributed by atoms with Gasteiger partial charge in [-0.1, -0.05) is 39.8 Å². The molecule has 0 saturated carbocycles. The van der Waals surface area contributed by atoms with Gasteiger partial charge in [0.2, 0.25) is 0 Å². The second kappa shape index (κ2) is 8.95. The van der Waals surface area contributed by atoms with Gasteiger partial charge >= 0.3 is 0 Å². The summed E-state index contributed by atoms with van der Waals surface area (Å²) < 4.78 is 12.3. The van der Waals surface area contributed by atoms with Crippen molar-refractivity contribution in [3.05, 3.63) is 68.4 Å². The third-order valence-corrected chi connectivity index (χ3v) is 5.00. The van der Waals surface area contributed by atoms with Gasteiger partial charge in [-0.15, -0.1) is 0 Å². The molecule has 0 spiro atoms. The zero-order chi connectivity index (χ0) is 20.1. The predicted molar refractivity (Wildman–Crippen MR) is 112 cm³/mol. The van der Waals surface area contributed by atoms with Crippen LogP contribution in [0.25, 0.3) is 11.3 Å². The van der Waals surface area contributed by atoms with Crippen LogP contribution in [0, 0.1) is 11.3 Å². The molecule has 1 N–H and O–H groups in total. The number of benzene rings is 2. The average molecular weight is 458 g/mol. The Hall–Kier alpha value is -2.76. The summed E-state index contributed by atoms with van der Waals surface area (Å²) in [7, 11) is 1.55. The van der Waals surface area contributed by atoms with Crippen molar-refractivity contribution >= 4 is 27.7 Å². The molecule has 2 aromatic carbocycles. The summed E-state index contributed by atoms with van der Waals surface area (Å²) in [6.07, 6.45) is 1.80. The summed E-state index contributed by atoms with van der Waals surface area (Å²) in [5.74, 6) is 1.05. The molecule has 0 aliphatic carbocycles. The number of methoxy groups -OCH3 is 1. The number of rotatable bonds is 6. The van der Waals surface area contributed by atoms with Gasteiger partial charge in [-0.05, 0) is 42.2 Å². The highest BCUT2D eigenvalue weighted by molar-refractivity contribution is 9.10. The zero-order valence-corrected chi connectivity index (χ0v) is 17.6. The molecule has 3 rings (SSSR count). The van der Waals surface area contributed by atoms with Gasteiger partial charge in [0, 0.05) is 10.0 Å². The van der Waals surface area contributed by atoms with E-state index in [1.54, 1.807) is 31.6 Å². The number of ether oxygens (including phenoxy) is 2. The molecule has 0 saturated heterocycles. The van der Waals surface area contributed by atoms with Crippen LogP contribution in [0.2, 0.25) is 0 Å². The molecule has 1 aromatic heterocycles. The third-order valence-electron chi connectivity index (χ3n) is 3.92. The maximum atomic E-state index is 12.2. The Morgan fingerprint density at radius 1 is 1.25 bits per heavy atom. The average Bonchev–Trinajstić information content (AvgIpc) is 2.71. The largest absolute Gasteiger partial charge is 0.493 e. The Labute approximate surface area is 174 Å². The number of aromatic nitrogens is 2. The molecule has 28 heavy (non-hydrogen) atoms. The fourth-order valence-corrected chi connectivity index (χ4v) is 3.41. The minimum atomic E-state index is -0.468. The van der Waals surface area contributed by atoms with Crippen LogP contribution in [0.15, 0.2) is 56.9 Å². The molecule has 142 valence electrons. The van der Waals surface area contributed by atoms with Crippen molar-refractivity contribution < 1.29 is 9.47 Å². The van der Waals surface area contributed by atoms with E-state index in [1.807, 2.05) is 30.3 Å². The molecule has 0 radical (unpaired) electrons. The van der Waals surface area contributed by atoms with Crippen molar-refractivity contribution in [2.24, 2.45) is 0 Å². The third kappa shape index (κ3) is 4.38. The molecule has 1 heterocycles. The smallest absolute Gasteiger partial charge is 0.270 e. The molecule has 3 aromatic rings. The number of nitriles is 1. The summed E-state index contributed by atoms with van der Waals surface area (Å²) in [4.78, 5) is 19.2. The maximum Gasteiger partial charge on any atom is 0.270 e. The summed E-state index contributed by atoms with van der Waals surface area (Å²) >= 11 is 4.74. The van der Waals surface area contributed by atoms with Crippen molar-refractivity contribution in [2.45, 2.75) is 11.8 Å². The minimum Gasteiger partial charge on any atom is -0.493 e. The predicted octanol–water partition coefficient (Wildman–Crippen LogP) is 4.38. The van der Waals surface area contributed by atoms with E-state index in [0.717, 1.165) is 10.0 Å². The lowest BCUT2D eigenvalue weighted by Gasteiger charge is -2.13. The Morgan fingerprint density at radius 2 is 2.07 bits per heavy atom. The SMILES string of the molecule is COc1ccc(-c2nc(SC)[nH]c(=O)c2C#N)cc1OCc1cccc(Br)c1. The first-order valence-electron chi connectivity index (χ1n) is 8.19. The van der Waals surface area contributed by atoms with Gasteiger partial charge in [0.15, 0.2) is 16.7 Å². The van der Waals surface area contributed by atoms with Crippen LogP contribution in [0.1, 0.15) is 11.1 Å². The minimum absolute atomic E-state index is 0.0408. The lowest BCUT2D eigenvalue weighted by Crippen LogP contribution is -2.14. The molecular weight excluding hydrogens is 442 g/mol. The summed E-state index contributed by atoms with van der Waals surface area (Å²) in [6, 6.07) is 14.9. The van der Waals surface area contributed by atoms with Crippen LogP contribution in [-0.2, 0) is 6.61 Å². The van der Waals surface area contributed by atoms with E-state index in [4.69, 9.17) is 9.47 Å². The van der Waals surface area contributed by atoms with Crippen LogP contribution >= 0.6 is 27.7 Å². The van der Waals surface area contributed by atoms with Crippen molar-refractivity contribution in [3.63, 3.8) is 0 Å². The molecule has 0 atom stereocenters. The van der Waals surface area contributed by atoms with Crippen LogP contribution in [-0.4, -0.2) is 23.3 Å². The first-order valence-corrected chi connectivity index (χ1v) is 10.2. The van der Waals surface area contributed by atoms with E-state index < -0.39 is 5.56 Å². The number of hydrogen-bond donors (Lipinski definition) is 1. The van der Waals surface area contributed by atoms with Gasteiger partial charge in [0.05, 0.1) is 12.8 Å². The Balaban J connectivity index is 2.01. The van der Waals surface area contributed by atoms with Gasteiger partial charge in [0.1, 0.15) is 18.2 Å². The van der Waals surface area contributed by atoms with Crippen LogP contribution < -0.4 is 15.0 Å². The maximum absolute atomic E-state index is 12.2. The first-order chi connectivity index (χ1) is 13.5. The van der Waals surface area contributed by atoms with Gasteiger partial charge in [-0.2, -0.15) is 5.26 Å². The van der Waals surface area contributed by atoms with Gasteiger partial charge in [-0.25, -0.2) is 4.98 Å². The van der Waals surface area contributed by atoms with Crippen LogP contribution in [0.3, 0.4) is 0 Å². The van der Waals surface area contributed by atoms with Crippen molar-refractivity contribution in [2.75, 3.05) is 13.4 Å². The number of nitrogens with zero attached hydrogens (tertiary/aromatic N) is 2. The number of H-pyrrole nitrogens is 1. The van der Waals surface area contributed by atoms with E-state index >= 15 is 0 Å². The summed E-state index contributed by atoms with van der Waals surface area (Å²) in [6.45, 7) is 0.337. The number of hydrogen-bond acceptors (Lipinski definition) is 6. The summed E-state index contributed by atoms with van der Waals surface area (Å²) in [5.41, 5.74) is 1.39. The van der Waals surface area contributed by atoms with E-state index in [-0.39, 0.29) is 5.56 Å². The number of halogens is 1. The molecule has 0 fully saturated rings. The van der Waals surface area contributed by atoms with Crippen molar-refractivity contribution in [1.29, 1.82) is 5.26 Å². The number of thioether (sulfide) groups is 1. The molecule has 0 amide bonds. The standard InChI is InChI=1S/C20H16BrN3O3S/c1-26-16-7-6-13(18-15(10-22)19(25)24-20(23-18)28-2)9-17(16)27-11-12-4-3-5-14(21)8-12/h3-9H,11H2,1-2H3,(H,23,24,25). The van der Waals surface area contributed by atoms with Crippen LogP contribution in [0.4, 0.5) is 0 Å². The molecule has 0 aliphatic heterocycles. The lowest BCUT2D eigenvalue weighted by molar-refractivity contribution is 0.284. The highest BCUT2D eigenvalue weighted by Crippen LogP contribution is 2.33. The van der Waals surface area contributed by atoms with Gasteiger partial charge in [-0.3, -0.25) is 4.79 Å². The monoisotopic (exact) mass is 457 g/mol. The van der Waals surface area contributed by atoms with E-state index in [0.29, 0.717) is 34.5 Å². The Bertz CT molecular complexity index is 1110. The van der Waals surface area contributed by atoms with Crippen molar-refractivity contribution in [1.82, 2.24) is 9.97 Å². The molecule has 0 bridgehead atoms. The fraction of sp³-hybridized carbons (Fsp3) is 0.150. The van der Waals surface area contributed by atoms with Crippen LogP contribution in [0.5, 0.6) is 11.5 Å². The number of nitrogens with one attached hydrogen (secondary N) is 1. The van der Waals surface area contributed by atoms with E-state index in [1.165, 1.54) is 11.8 Å². The first kappa shape index (κ1) is 20.0. The quantitative estimate of drug-likeness (QED) is 0.436. The molecule has 0 unspecified atom stereocenters. The number of aromatic amines is 1. The van der Waals surface area contributed by atoms with Gasteiger partial charge < -0.3 is 14.5 Å². The lowest BCUT2D eigenvalue weighted by atomic mass is 10.1. The highest BCUT2D eigenvalue weighted by Gasteiger charge is 2.16. The Kier molecular flexibility index (Phi) is 6.39. The van der Waals surface area contributed by atoms with E-state index in [9.17, 15) is 10.1 Å². The highest BCUT2D eigenvalue weighted by atomic mass is 79.9.